The standard InChI is InChI=1S/C66H123NO5/c1-3-5-7-9-11-13-14-15-16-30-34-37-40-44-48-52-56-60-66(71)72-61-57-53-49-45-41-38-35-32-29-27-25-23-21-19-17-18-20-22-24-26-28-31-33-36-39-43-47-51-55-59-65(70)67-63(62-68)64(69)58-54-50-46-42-12-10-8-6-4-2/h15-17,19,23,25,54,58,63-64,68-69H,3-14,18,20-22,24,26-53,55-57,59-62H2,1-2H3,(H,67,70)/b16-15-,19-17-,25-23-,58-54+. The van der Waals surface area contributed by atoms with Crippen LogP contribution in [0.25, 0.3) is 0 Å². The molecule has 0 saturated carbocycles. The van der Waals surface area contributed by atoms with Crippen LogP contribution in [0.4, 0.5) is 0 Å². The van der Waals surface area contributed by atoms with Gasteiger partial charge in [0.05, 0.1) is 25.4 Å². The minimum Gasteiger partial charge on any atom is -0.466 e. The number of carbonyl (C=O) groups excluding carboxylic acids is 2. The van der Waals surface area contributed by atoms with Crippen LogP contribution in [0, 0.1) is 0 Å². The summed E-state index contributed by atoms with van der Waals surface area (Å²) in [6.07, 6.45) is 78.9. The third kappa shape index (κ3) is 57.1. The molecule has 0 aromatic carbocycles. The first-order valence-electron chi connectivity index (χ1n) is 31.9. The van der Waals surface area contributed by atoms with Gasteiger partial charge in [0.15, 0.2) is 0 Å². The number of hydrogen-bond acceptors (Lipinski definition) is 5. The van der Waals surface area contributed by atoms with Crippen molar-refractivity contribution in [2.24, 2.45) is 0 Å². The summed E-state index contributed by atoms with van der Waals surface area (Å²) in [5, 5.41) is 22.9. The van der Waals surface area contributed by atoms with Crippen LogP contribution in [0.5, 0.6) is 0 Å². The molecule has 0 aromatic rings. The Hall–Kier alpha value is -2.18. The predicted molar refractivity (Wildman–Crippen MR) is 315 cm³/mol. The van der Waals surface area contributed by atoms with Gasteiger partial charge in [0.25, 0.3) is 0 Å². The van der Waals surface area contributed by atoms with Gasteiger partial charge >= 0.3 is 5.97 Å². The van der Waals surface area contributed by atoms with Crippen LogP contribution in [0.15, 0.2) is 48.6 Å². The summed E-state index contributed by atoms with van der Waals surface area (Å²) in [6.45, 7) is 4.87. The molecule has 0 bridgehead atoms. The maximum absolute atomic E-state index is 12.4. The third-order valence-electron chi connectivity index (χ3n) is 14.6. The van der Waals surface area contributed by atoms with Gasteiger partial charge < -0.3 is 20.3 Å². The SMILES string of the molecule is CCCCCCCC/C=C\CCCCCCCCCC(=O)OCCCCCCCCCCC/C=C\C/C=C\CCCCCCCCCCCCCCCC(=O)NC(CO)C(O)/C=C/CCCCCCCCC. The minimum absolute atomic E-state index is 0.00801. The number of esters is 1. The quantitative estimate of drug-likeness (QED) is 0.0320. The van der Waals surface area contributed by atoms with Crippen LogP contribution in [-0.4, -0.2) is 47.4 Å². The molecule has 422 valence electrons. The summed E-state index contributed by atoms with van der Waals surface area (Å²) >= 11 is 0. The van der Waals surface area contributed by atoms with Gasteiger partial charge in [-0.25, -0.2) is 0 Å². The Morgan fingerprint density at radius 2 is 0.694 bits per heavy atom. The number of carbonyl (C=O) groups is 2. The fourth-order valence-corrected chi connectivity index (χ4v) is 9.66. The Labute approximate surface area is 448 Å². The van der Waals surface area contributed by atoms with E-state index in [0.29, 0.717) is 19.4 Å². The molecule has 1 amide bonds. The van der Waals surface area contributed by atoms with E-state index in [4.69, 9.17) is 4.74 Å². The van der Waals surface area contributed by atoms with Crippen molar-refractivity contribution in [1.29, 1.82) is 0 Å². The van der Waals surface area contributed by atoms with E-state index >= 15 is 0 Å². The maximum Gasteiger partial charge on any atom is 0.305 e. The highest BCUT2D eigenvalue weighted by Crippen LogP contribution is 2.17. The van der Waals surface area contributed by atoms with E-state index < -0.39 is 12.1 Å². The zero-order valence-electron chi connectivity index (χ0n) is 48.2. The molecule has 0 aliphatic carbocycles. The fourth-order valence-electron chi connectivity index (χ4n) is 9.66. The van der Waals surface area contributed by atoms with Gasteiger partial charge in [-0.2, -0.15) is 0 Å². The molecule has 6 heteroatoms. The van der Waals surface area contributed by atoms with Gasteiger partial charge in [-0.3, -0.25) is 9.59 Å². The van der Waals surface area contributed by atoms with Crippen molar-refractivity contribution in [2.75, 3.05) is 13.2 Å². The number of hydrogen-bond donors (Lipinski definition) is 3. The summed E-state index contributed by atoms with van der Waals surface area (Å²) in [7, 11) is 0. The van der Waals surface area contributed by atoms with Crippen molar-refractivity contribution in [3.05, 3.63) is 48.6 Å². The lowest BCUT2D eigenvalue weighted by molar-refractivity contribution is -0.143. The molecule has 6 nitrogen and oxygen atoms in total. The van der Waals surface area contributed by atoms with E-state index in [9.17, 15) is 19.8 Å². The number of nitrogens with one attached hydrogen (secondary N) is 1. The lowest BCUT2D eigenvalue weighted by atomic mass is 10.0. The molecule has 0 fully saturated rings. The number of aliphatic hydroxyl groups is 2. The zero-order valence-corrected chi connectivity index (χ0v) is 48.2. The summed E-state index contributed by atoms with van der Waals surface area (Å²) in [4.78, 5) is 24.5. The van der Waals surface area contributed by atoms with Gasteiger partial charge in [-0.1, -0.05) is 281 Å². The summed E-state index contributed by atoms with van der Waals surface area (Å²) in [5.41, 5.74) is 0. The molecule has 0 spiro atoms. The summed E-state index contributed by atoms with van der Waals surface area (Å²) in [6, 6.07) is -0.627. The Morgan fingerprint density at radius 1 is 0.389 bits per heavy atom. The largest absolute Gasteiger partial charge is 0.466 e. The maximum atomic E-state index is 12.4. The van der Waals surface area contributed by atoms with Crippen LogP contribution in [0.1, 0.15) is 335 Å². The van der Waals surface area contributed by atoms with E-state index in [1.165, 1.54) is 257 Å². The molecule has 0 aliphatic heterocycles. The number of unbranched alkanes of at least 4 members (excludes halogenated alkanes) is 42. The van der Waals surface area contributed by atoms with E-state index in [0.717, 1.165) is 51.4 Å². The first kappa shape index (κ1) is 69.8. The Morgan fingerprint density at radius 3 is 1.07 bits per heavy atom. The molecule has 0 aliphatic rings. The third-order valence-corrected chi connectivity index (χ3v) is 14.6. The summed E-state index contributed by atoms with van der Waals surface area (Å²) in [5.74, 6) is -0.0636. The average Bonchev–Trinajstić information content (AvgIpc) is 3.38. The van der Waals surface area contributed by atoms with Crippen LogP contribution in [-0.2, 0) is 14.3 Å². The smallest absolute Gasteiger partial charge is 0.305 e. The number of amides is 1. The minimum atomic E-state index is -0.843. The molecular weight excluding hydrogens is 887 g/mol. The molecule has 0 rings (SSSR count). The van der Waals surface area contributed by atoms with Crippen LogP contribution in [0.3, 0.4) is 0 Å². The highest BCUT2D eigenvalue weighted by molar-refractivity contribution is 5.76. The van der Waals surface area contributed by atoms with Gasteiger partial charge in [0.1, 0.15) is 0 Å². The molecule has 2 atom stereocenters. The van der Waals surface area contributed by atoms with Crippen LogP contribution < -0.4 is 5.32 Å². The van der Waals surface area contributed by atoms with Gasteiger partial charge in [0.2, 0.25) is 5.91 Å². The lowest BCUT2D eigenvalue weighted by Gasteiger charge is -2.20. The number of ether oxygens (including phenoxy) is 1. The van der Waals surface area contributed by atoms with Gasteiger partial charge in [-0.05, 0) is 89.9 Å². The molecule has 72 heavy (non-hydrogen) atoms. The monoisotopic (exact) mass is 1010 g/mol. The van der Waals surface area contributed by atoms with Gasteiger partial charge in [-0.15, -0.1) is 0 Å². The lowest BCUT2D eigenvalue weighted by Crippen LogP contribution is -2.45. The number of rotatable bonds is 59. The first-order valence-corrected chi connectivity index (χ1v) is 31.9. The molecule has 0 saturated heterocycles. The molecule has 0 radical (unpaired) electrons. The van der Waals surface area contributed by atoms with Crippen LogP contribution >= 0.6 is 0 Å². The van der Waals surface area contributed by atoms with E-state index in [-0.39, 0.29) is 18.5 Å². The van der Waals surface area contributed by atoms with E-state index in [2.05, 4.69) is 55.6 Å². The Balaban J connectivity index is 3.39. The van der Waals surface area contributed by atoms with Gasteiger partial charge in [0, 0.05) is 12.8 Å². The average molecular weight is 1010 g/mol. The molecule has 0 aromatic heterocycles. The fraction of sp³-hybridized carbons (Fsp3) is 0.848. The summed E-state index contributed by atoms with van der Waals surface area (Å²) < 4.78 is 5.49. The molecule has 2 unspecified atom stereocenters. The predicted octanol–water partition coefficient (Wildman–Crippen LogP) is 20.1. The number of aliphatic hydroxyl groups excluding tert-OH is 2. The Kier molecular flexibility index (Phi) is 59.5. The van der Waals surface area contributed by atoms with Crippen molar-refractivity contribution >= 4 is 11.9 Å². The normalized spacial score (nSPS) is 12.9. The second-order valence-corrected chi connectivity index (χ2v) is 21.7. The van der Waals surface area contributed by atoms with Crippen molar-refractivity contribution < 1.29 is 24.5 Å². The topological polar surface area (TPSA) is 95.9 Å². The van der Waals surface area contributed by atoms with Crippen LogP contribution in [0.2, 0.25) is 0 Å². The molecule has 0 heterocycles. The highest BCUT2D eigenvalue weighted by atomic mass is 16.5. The first-order chi connectivity index (χ1) is 35.5. The van der Waals surface area contributed by atoms with E-state index in [1.54, 1.807) is 6.08 Å². The van der Waals surface area contributed by atoms with Crippen molar-refractivity contribution in [3.8, 4) is 0 Å². The molecule has 3 N–H and O–H groups in total. The zero-order chi connectivity index (χ0) is 52.2. The second-order valence-electron chi connectivity index (χ2n) is 21.7. The van der Waals surface area contributed by atoms with E-state index in [1.807, 2.05) is 6.08 Å². The second kappa shape index (κ2) is 61.4. The Bertz CT molecular complexity index is 1210. The van der Waals surface area contributed by atoms with Crippen molar-refractivity contribution in [3.63, 3.8) is 0 Å². The highest BCUT2D eigenvalue weighted by Gasteiger charge is 2.18. The molecular formula is C66H123NO5. The van der Waals surface area contributed by atoms with Crippen molar-refractivity contribution in [1.82, 2.24) is 5.32 Å². The van der Waals surface area contributed by atoms with Crippen molar-refractivity contribution in [2.45, 2.75) is 347 Å². The number of allylic oxidation sites excluding steroid dienone is 7.